The average molecular weight is 458 g/mol. The van der Waals surface area contributed by atoms with Gasteiger partial charge in [-0.25, -0.2) is 9.59 Å². The highest BCUT2D eigenvalue weighted by molar-refractivity contribution is 5.88. The van der Waals surface area contributed by atoms with Crippen LogP contribution in [-0.2, 0) is 39.5 Å². The van der Waals surface area contributed by atoms with Gasteiger partial charge < -0.3 is 10.2 Å². The largest absolute Gasteiger partial charge is 0.480 e. The molecule has 3 rings (SSSR count). The summed E-state index contributed by atoms with van der Waals surface area (Å²) in [5.74, 6) is -4.18. The fourth-order valence-corrected chi connectivity index (χ4v) is 3.81. The molecule has 33 heavy (non-hydrogen) atoms. The molecule has 0 radical (unpaired) electrons. The van der Waals surface area contributed by atoms with E-state index in [0.717, 1.165) is 0 Å². The van der Waals surface area contributed by atoms with Crippen LogP contribution in [0.5, 0.6) is 0 Å². The molecule has 0 atom stereocenters. The second-order valence-corrected chi connectivity index (χ2v) is 7.26. The second kappa shape index (κ2) is 10.7. The minimum atomic E-state index is -1.67. The summed E-state index contributed by atoms with van der Waals surface area (Å²) in [4.78, 5) is 60.1. The van der Waals surface area contributed by atoms with E-state index in [-0.39, 0.29) is 13.1 Å². The van der Waals surface area contributed by atoms with Crippen LogP contribution in [0.25, 0.3) is 0 Å². The predicted octanol–water partition coefficient (Wildman–Crippen LogP) is 0.650. The first-order valence-electron chi connectivity index (χ1n) is 9.94. The fraction of sp³-hybridized carbons (Fsp3) is 0.273. The Labute approximate surface area is 188 Å². The van der Waals surface area contributed by atoms with Crippen molar-refractivity contribution in [2.75, 3.05) is 32.7 Å². The van der Waals surface area contributed by atoms with E-state index in [4.69, 9.17) is 15.1 Å². The number of hydrogen-bond acceptors (Lipinski definition) is 9. The molecule has 0 aliphatic carbocycles. The first-order valence-corrected chi connectivity index (χ1v) is 9.94. The number of hydrogen-bond donors (Lipinski definition) is 2. The van der Waals surface area contributed by atoms with E-state index in [2.05, 4.69) is 9.93 Å². The molecule has 1 aliphatic rings. The van der Waals surface area contributed by atoms with E-state index in [0.29, 0.717) is 11.1 Å². The molecule has 1 heterocycles. The predicted molar refractivity (Wildman–Crippen MR) is 110 cm³/mol. The maximum absolute atomic E-state index is 13.4. The van der Waals surface area contributed by atoms with Gasteiger partial charge in [0.15, 0.2) is 5.54 Å². The molecule has 1 fully saturated rings. The van der Waals surface area contributed by atoms with Gasteiger partial charge in [0.25, 0.3) is 0 Å². The van der Waals surface area contributed by atoms with E-state index in [1.165, 1.54) is 9.80 Å². The molecule has 11 nitrogen and oxygen atoms in total. The number of aliphatic carboxylic acids is 2. The Kier molecular flexibility index (Phi) is 7.72. The number of carboxylic acid groups (broad SMARTS) is 2. The lowest BCUT2D eigenvalue weighted by Crippen LogP contribution is -2.58. The third-order valence-corrected chi connectivity index (χ3v) is 5.11. The Bertz CT molecular complexity index is 942. The highest BCUT2D eigenvalue weighted by Crippen LogP contribution is 2.38. The summed E-state index contributed by atoms with van der Waals surface area (Å²) in [7, 11) is 0. The molecule has 0 bridgehead atoms. The molecule has 0 unspecified atom stereocenters. The van der Waals surface area contributed by atoms with Gasteiger partial charge in [-0.1, -0.05) is 60.7 Å². The summed E-state index contributed by atoms with van der Waals surface area (Å²) in [5.41, 5.74) is -0.745. The Balaban J connectivity index is 2.10. The van der Waals surface area contributed by atoms with Crippen molar-refractivity contribution in [3.63, 3.8) is 0 Å². The van der Waals surface area contributed by atoms with Gasteiger partial charge in [-0.2, -0.15) is 0 Å². The van der Waals surface area contributed by atoms with Crippen molar-refractivity contribution in [2.45, 2.75) is 5.54 Å². The number of carbonyl (C=O) groups is 4. The number of carboxylic acids is 2. The highest BCUT2D eigenvalue weighted by atomic mass is 17.5. The molecule has 11 heteroatoms. The molecule has 174 valence electrons. The molecular formula is C22H22N2O9. The lowest BCUT2D eigenvalue weighted by molar-refractivity contribution is -0.465. The molecule has 0 spiro atoms. The van der Waals surface area contributed by atoms with E-state index in [1.54, 1.807) is 60.7 Å². The van der Waals surface area contributed by atoms with Crippen LogP contribution in [0, 0.1) is 0 Å². The van der Waals surface area contributed by atoms with Crippen molar-refractivity contribution in [3.8, 4) is 0 Å². The van der Waals surface area contributed by atoms with Crippen molar-refractivity contribution in [2.24, 2.45) is 0 Å². The number of carbonyl (C=O) groups excluding carboxylic acids is 2. The van der Waals surface area contributed by atoms with Crippen LogP contribution in [0.2, 0.25) is 0 Å². The zero-order chi connectivity index (χ0) is 23.8. The molecule has 0 aromatic heterocycles. The Morgan fingerprint density at radius 1 is 0.879 bits per heavy atom. The zero-order valence-electron chi connectivity index (χ0n) is 17.5. The molecule has 1 saturated heterocycles. The van der Waals surface area contributed by atoms with Crippen molar-refractivity contribution in [1.82, 2.24) is 9.80 Å². The standard InChI is InChI=1S/C22H22N2O9/c25-18(26)13-23(14-19(27)28)11-12-24-15-20(29)31-33-32-21(30)22(24,16-7-3-1-4-8-16)17-9-5-2-6-10-17/h1-10H,11-15H2,(H,25,26)(H,27,28). The first-order chi connectivity index (χ1) is 15.8. The Hall–Kier alpha value is -3.80. The van der Waals surface area contributed by atoms with E-state index < -0.39 is 49.1 Å². The summed E-state index contributed by atoms with van der Waals surface area (Å²) in [6.07, 6.45) is 0. The minimum absolute atomic E-state index is 0.0749. The number of rotatable bonds is 9. The summed E-state index contributed by atoms with van der Waals surface area (Å²) < 4.78 is 0. The van der Waals surface area contributed by atoms with Crippen LogP contribution in [-0.4, -0.2) is 76.6 Å². The molecule has 1 aliphatic heterocycles. The molecule has 2 N–H and O–H groups in total. The molecule has 0 amide bonds. The summed E-state index contributed by atoms with van der Waals surface area (Å²) >= 11 is 0. The number of benzene rings is 2. The smallest absolute Gasteiger partial charge is 0.375 e. The summed E-state index contributed by atoms with van der Waals surface area (Å²) in [6.45, 7) is -1.66. The first kappa shape index (κ1) is 23.9. The van der Waals surface area contributed by atoms with Gasteiger partial charge in [-0.05, 0) is 11.1 Å². The second-order valence-electron chi connectivity index (χ2n) is 7.26. The Morgan fingerprint density at radius 3 is 1.88 bits per heavy atom. The summed E-state index contributed by atoms with van der Waals surface area (Å²) in [5, 5.41) is 22.7. The van der Waals surface area contributed by atoms with Crippen LogP contribution in [0.15, 0.2) is 60.7 Å². The molecule has 2 aromatic carbocycles. The highest BCUT2D eigenvalue weighted by Gasteiger charge is 2.51. The van der Waals surface area contributed by atoms with Gasteiger partial charge in [0.2, 0.25) is 0 Å². The van der Waals surface area contributed by atoms with E-state index >= 15 is 0 Å². The molecular weight excluding hydrogens is 436 g/mol. The monoisotopic (exact) mass is 458 g/mol. The molecule has 2 aromatic rings. The van der Waals surface area contributed by atoms with Gasteiger partial charge in [0.05, 0.1) is 13.1 Å². The maximum Gasteiger partial charge on any atom is 0.375 e. The van der Waals surface area contributed by atoms with Crippen molar-refractivity contribution in [1.29, 1.82) is 0 Å². The third-order valence-electron chi connectivity index (χ3n) is 5.11. The third kappa shape index (κ3) is 5.52. The van der Waals surface area contributed by atoms with Crippen LogP contribution in [0.3, 0.4) is 0 Å². The number of nitrogens with zero attached hydrogens (tertiary/aromatic N) is 2. The van der Waals surface area contributed by atoms with Crippen molar-refractivity contribution in [3.05, 3.63) is 71.8 Å². The summed E-state index contributed by atoms with van der Waals surface area (Å²) in [6, 6.07) is 17.1. The van der Waals surface area contributed by atoms with Gasteiger partial charge in [0, 0.05) is 18.1 Å². The Morgan fingerprint density at radius 2 is 1.39 bits per heavy atom. The van der Waals surface area contributed by atoms with Gasteiger partial charge in [0.1, 0.15) is 6.54 Å². The fourth-order valence-electron chi connectivity index (χ4n) is 3.81. The lowest BCUT2D eigenvalue weighted by Gasteiger charge is -2.42. The van der Waals surface area contributed by atoms with Crippen LogP contribution in [0.4, 0.5) is 0 Å². The SMILES string of the molecule is O=C(O)CN(CCN1CC(=O)OOOC(=O)C1(c1ccccc1)c1ccccc1)CC(=O)O. The van der Waals surface area contributed by atoms with E-state index in [1.807, 2.05) is 0 Å². The minimum Gasteiger partial charge on any atom is -0.480 e. The van der Waals surface area contributed by atoms with Crippen LogP contribution in [0.1, 0.15) is 11.1 Å². The van der Waals surface area contributed by atoms with Gasteiger partial charge in [-0.3, -0.25) is 29.2 Å². The van der Waals surface area contributed by atoms with E-state index in [9.17, 15) is 19.2 Å². The average Bonchev–Trinajstić information content (AvgIpc) is 2.77. The van der Waals surface area contributed by atoms with Crippen LogP contribution >= 0.6 is 0 Å². The molecule has 0 saturated carbocycles. The van der Waals surface area contributed by atoms with Crippen molar-refractivity contribution >= 4 is 23.9 Å². The normalized spacial score (nSPS) is 16.4. The van der Waals surface area contributed by atoms with Gasteiger partial charge in [-0.15, -0.1) is 0 Å². The van der Waals surface area contributed by atoms with Gasteiger partial charge >= 0.3 is 23.9 Å². The van der Waals surface area contributed by atoms with Crippen LogP contribution < -0.4 is 0 Å². The van der Waals surface area contributed by atoms with Crippen molar-refractivity contribution < 1.29 is 44.2 Å². The topological polar surface area (TPSA) is 143 Å². The maximum atomic E-state index is 13.4. The zero-order valence-corrected chi connectivity index (χ0v) is 17.5. The quantitative estimate of drug-likeness (QED) is 0.511. The lowest BCUT2D eigenvalue weighted by atomic mass is 9.80.